The van der Waals surface area contributed by atoms with Gasteiger partial charge in [-0.25, -0.2) is 4.98 Å². The number of nitrogens with one attached hydrogen (secondary N) is 2. The van der Waals surface area contributed by atoms with Crippen LogP contribution in [0.1, 0.15) is 24.1 Å². The molecular weight excluding hydrogens is 377 g/mol. The van der Waals surface area contributed by atoms with Crippen molar-refractivity contribution in [2.45, 2.75) is 31.6 Å². The van der Waals surface area contributed by atoms with Gasteiger partial charge in [-0.1, -0.05) is 24.3 Å². The standard InChI is InChI=1S/C22H23F3N4/c23-22(24,25)20-6-3-7-21(28-20)29-12-14-8-9-19(17(14)13-29)27-11-15-10-26-18-5-2-1-4-16(15)18/h1-7,10,14,17,19,26-27H,8-9,11-13H2/t14-,17+,19+/m1/s1. The average molecular weight is 400 g/mol. The monoisotopic (exact) mass is 400 g/mol. The third-order valence-corrected chi connectivity index (χ3v) is 6.44. The molecule has 0 unspecified atom stereocenters. The van der Waals surface area contributed by atoms with E-state index < -0.39 is 11.9 Å². The summed E-state index contributed by atoms with van der Waals surface area (Å²) in [5.41, 5.74) is 1.57. The molecule has 1 aromatic carbocycles. The number of alkyl halides is 3. The maximum absolute atomic E-state index is 13.0. The van der Waals surface area contributed by atoms with E-state index in [4.69, 9.17) is 0 Å². The first-order valence-corrected chi connectivity index (χ1v) is 10.1. The molecule has 1 saturated carbocycles. The number of nitrogens with zero attached hydrogens (tertiary/aromatic N) is 2. The Kier molecular flexibility index (Phi) is 4.50. The van der Waals surface area contributed by atoms with Crippen LogP contribution in [-0.2, 0) is 12.7 Å². The van der Waals surface area contributed by atoms with Crippen LogP contribution in [0.3, 0.4) is 0 Å². The van der Waals surface area contributed by atoms with Gasteiger partial charge in [-0.15, -0.1) is 0 Å². The third-order valence-electron chi connectivity index (χ3n) is 6.44. The summed E-state index contributed by atoms with van der Waals surface area (Å²) in [6.45, 7) is 2.33. The first-order chi connectivity index (χ1) is 14.0. The largest absolute Gasteiger partial charge is 0.433 e. The smallest absolute Gasteiger partial charge is 0.361 e. The lowest BCUT2D eigenvalue weighted by atomic mass is 9.97. The fourth-order valence-electron chi connectivity index (χ4n) is 4.98. The lowest BCUT2D eigenvalue weighted by Crippen LogP contribution is -2.35. The first kappa shape index (κ1) is 18.5. The molecule has 0 spiro atoms. The molecular formula is C22H23F3N4. The zero-order valence-electron chi connectivity index (χ0n) is 15.9. The van der Waals surface area contributed by atoms with Crippen LogP contribution in [0.15, 0.2) is 48.7 Å². The van der Waals surface area contributed by atoms with Gasteiger partial charge in [0.2, 0.25) is 0 Å². The second-order valence-corrected chi connectivity index (χ2v) is 8.13. The zero-order valence-corrected chi connectivity index (χ0v) is 15.9. The van der Waals surface area contributed by atoms with Gasteiger partial charge >= 0.3 is 6.18 Å². The van der Waals surface area contributed by atoms with Crippen LogP contribution in [0.4, 0.5) is 19.0 Å². The van der Waals surface area contributed by atoms with Gasteiger partial charge in [-0.3, -0.25) is 0 Å². The molecule has 2 aromatic heterocycles. The van der Waals surface area contributed by atoms with Crippen molar-refractivity contribution in [2.24, 2.45) is 11.8 Å². The van der Waals surface area contributed by atoms with Crippen molar-refractivity contribution in [3.8, 4) is 0 Å². The van der Waals surface area contributed by atoms with Crippen LogP contribution in [-0.4, -0.2) is 29.1 Å². The van der Waals surface area contributed by atoms with E-state index in [9.17, 15) is 13.2 Å². The Bertz CT molecular complexity index is 1010. The van der Waals surface area contributed by atoms with Gasteiger partial charge in [-0.2, -0.15) is 13.2 Å². The number of benzene rings is 1. The molecule has 2 N–H and O–H groups in total. The molecule has 7 heteroatoms. The molecule has 0 bridgehead atoms. The van der Waals surface area contributed by atoms with Gasteiger partial charge in [0.15, 0.2) is 0 Å². The number of aromatic amines is 1. The van der Waals surface area contributed by atoms with Crippen molar-refractivity contribution in [3.05, 3.63) is 59.9 Å². The Labute approximate surface area is 167 Å². The number of pyridine rings is 1. The normalized spacial score (nSPS) is 24.4. The summed E-state index contributed by atoms with van der Waals surface area (Å²) in [5.74, 6) is 1.38. The number of hydrogen-bond donors (Lipinski definition) is 2. The number of hydrogen-bond acceptors (Lipinski definition) is 3. The number of H-pyrrole nitrogens is 1. The van der Waals surface area contributed by atoms with E-state index in [1.165, 1.54) is 17.0 Å². The van der Waals surface area contributed by atoms with Crippen LogP contribution >= 0.6 is 0 Å². The summed E-state index contributed by atoms with van der Waals surface area (Å²) in [6, 6.07) is 12.8. The van der Waals surface area contributed by atoms with E-state index in [1.54, 1.807) is 6.07 Å². The Hall–Kier alpha value is -2.54. The molecule has 1 aliphatic carbocycles. The molecule has 1 saturated heterocycles. The molecule has 4 nitrogen and oxygen atoms in total. The minimum Gasteiger partial charge on any atom is -0.361 e. The second-order valence-electron chi connectivity index (χ2n) is 8.13. The van der Waals surface area contributed by atoms with Crippen molar-refractivity contribution < 1.29 is 13.2 Å². The summed E-state index contributed by atoms with van der Waals surface area (Å²) in [4.78, 5) is 9.20. The third kappa shape index (κ3) is 3.48. The van der Waals surface area contributed by atoms with Crippen LogP contribution in [0.5, 0.6) is 0 Å². The van der Waals surface area contributed by atoms with Crippen LogP contribution < -0.4 is 10.2 Å². The Balaban J connectivity index is 1.27. The van der Waals surface area contributed by atoms with Gasteiger partial charge in [0.1, 0.15) is 11.5 Å². The van der Waals surface area contributed by atoms with Gasteiger partial charge in [0.25, 0.3) is 0 Å². The van der Waals surface area contributed by atoms with E-state index in [0.29, 0.717) is 23.7 Å². The molecule has 3 atom stereocenters. The van der Waals surface area contributed by atoms with E-state index in [1.807, 2.05) is 17.0 Å². The van der Waals surface area contributed by atoms with Crippen molar-refractivity contribution in [1.29, 1.82) is 0 Å². The predicted molar refractivity (Wildman–Crippen MR) is 107 cm³/mol. The maximum Gasteiger partial charge on any atom is 0.433 e. The quantitative estimate of drug-likeness (QED) is 0.674. The number of halogens is 3. The van der Waals surface area contributed by atoms with E-state index in [-0.39, 0.29) is 0 Å². The minimum atomic E-state index is -4.41. The number of para-hydroxylation sites is 1. The number of fused-ring (bicyclic) bond motifs is 2. The molecule has 2 fully saturated rings. The number of aromatic nitrogens is 2. The Morgan fingerprint density at radius 1 is 1.07 bits per heavy atom. The molecule has 3 heterocycles. The van der Waals surface area contributed by atoms with Gasteiger partial charge < -0.3 is 15.2 Å². The molecule has 152 valence electrons. The lowest BCUT2D eigenvalue weighted by molar-refractivity contribution is -0.141. The number of anilines is 1. The highest BCUT2D eigenvalue weighted by atomic mass is 19.4. The van der Waals surface area contributed by atoms with Crippen molar-refractivity contribution in [1.82, 2.24) is 15.3 Å². The maximum atomic E-state index is 13.0. The molecule has 0 radical (unpaired) electrons. The van der Waals surface area contributed by atoms with Crippen LogP contribution in [0, 0.1) is 11.8 Å². The van der Waals surface area contributed by atoms with E-state index in [0.717, 1.165) is 44.1 Å². The Morgan fingerprint density at radius 3 is 2.79 bits per heavy atom. The van der Waals surface area contributed by atoms with Crippen LogP contribution in [0.25, 0.3) is 10.9 Å². The molecule has 0 amide bonds. The van der Waals surface area contributed by atoms with E-state index >= 15 is 0 Å². The Morgan fingerprint density at radius 2 is 1.93 bits per heavy atom. The summed E-state index contributed by atoms with van der Waals surface area (Å²) >= 11 is 0. The SMILES string of the molecule is FC(F)(F)c1cccc(N2C[C@H]3CC[C@H](NCc4c[nH]c5ccccc45)[C@H]3C2)n1. The van der Waals surface area contributed by atoms with Gasteiger partial charge in [-0.05, 0) is 48.4 Å². The fraction of sp³-hybridized carbons (Fsp3) is 0.409. The lowest BCUT2D eigenvalue weighted by Gasteiger charge is -2.23. The van der Waals surface area contributed by atoms with Gasteiger partial charge in [0, 0.05) is 42.8 Å². The predicted octanol–water partition coefficient (Wildman–Crippen LogP) is 4.59. The minimum absolute atomic E-state index is 0.379. The number of rotatable bonds is 4. The topological polar surface area (TPSA) is 44.0 Å². The van der Waals surface area contributed by atoms with E-state index in [2.05, 4.69) is 33.6 Å². The molecule has 2 aliphatic rings. The van der Waals surface area contributed by atoms with Crippen LogP contribution in [0.2, 0.25) is 0 Å². The zero-order chi connectivity index (χ0) is 20.0. The second kappa shape index (κ2) is 7.06. The van der Waals surface area contributed by atoms with Crippen molar-refractivity contribution in [3.63, 3.8) is 0 Å². The highest BCUT2D eigenvalue weighted by Crippen LogP contribution is 2.40. The van der Waals surface area contributed by atoms with Crippen molar-refractivity contribution >= 4 is 16.7 Å². The fourth-order valence-corrected chi connectivity index (χ4v) is 4.98. The highest BCUT2D eigenvalue weighted by Gasteiger charge is 2.43. The summed E-state index contributed by atoms with van der Waals surface area (Å²) in [6.07, 6.45) is -0.139. The summed E-state index contributed by atoms with van der Waals surface area (Å²) in [7, 11) is 0. The molecule has 29 heavy (non-hydrogen) atoms. The first-order valence-electron chi connectivity index (χ1n) is 10.1. The molecule has 5 rings (SSSR count). The summed E-state index contributed by atoms with van der Waals surface area (Å²) < 4.78 is 39.0. The average Bonchev–Trinajstić information content (AvgIpc) is 3.40. The molecule has 3 aromatic rings. The highest BCUT2D eigenvalue weighted by molar-refractivity contribution is 5.82. The molecule has 1 aliphatic heterocycles. The van der Waals surface area contributed by atoms with Gasteiger partial charge in [0.05, 0.1) is 0 Å². The summed E-state index contributed by atoms with van der Waals surface area (Å²) in [5, 5.41) is 4.94. The van der Waals surface area contributed by atoms with Crippen molar-refractivity contribution in [2.75, 3.05) is 18.0 Å².